The normalized spacial score (nSPS) is 12.7. The first kappa shape index (κ1) is 78.0. The van der Waals surface area contributed by atoms with Crippen LogP contribution in [0.15, 0.2) is 12.2 Å². The summed E-state index contributed by atoms with van der Waals surface area (Å²) in [5, 5.41) is 11.8. The zero-order chi connectivity index (χ0) is 58.3. The van der Waals surface area contributed by atoms with E-state index in [0.717, 1.165) is 51.4 Å². The number of quaternary nitrogens is 1. The topological polar surface area (TPSA) is 111 Å². The van der Waals surface area contributed by atoms with Gasteiger partial charge in [0.1, 0.15) is 13.2 Å². The Morgan fingerprint density at radius 2 is 0.637 bits per heavy atom. The van der Waals surface area contributed by atoms with Crippen molar-refractivity contribution >= 4 is 17.9 Å². The third-order valence-electron chi connectivity index (χ3n) is 16.3. The van der Waals surface area contributed by atoms with Crippen molar-refractivity contribution in [2.75, 3.05) is 47.5 Å². The van der Waals surface area contributed by atoms with Crippen molar-refractivity contribution in [3.63, 3.8) is 0 Å². The maximum Gasteiger partial charge on any atom is 0.306 e. The van der Waals surface area contributed by atoms with E-state index in [0.29, 0.717) is 23.9 Å². The Bertz CT molecular complexity index is 1320. The fourth-order valence-corrected chi connectivity index (χ4v) is 10.8. The van der Waals surface area contributed by atoms with E-state index in [-0.39, 0.29) is 32.2 Å². The zero-order valence-electron chi connectivity index (χ0n) is 54.2. The molecular weight excluding hydrogens is 995 g/mol. The van der Waals surface area contributed by atoms with Crippen LogP contribution in [0.25, 0.3) is 0 Å². The van der Waals surface area contributed by atoms with E-state index in [1.54, 1.807) is 0 Å². The van der Waals surface area contributed by atoms with Crippen LogP contribution in [0, 0.1) is 0 Å². The maximum absolute atomic E-state index is 12.8. The monoisotopic (exact) mass is 1130 g/mol. The van der Waals surface area contributed by atoms with E-state index < -0.39 is 24.3 Å². The van der Waals surface area contributed by atoms with Gasteiger partial charge in [-0.25, -0.2) is 0 Å². The molecule has 2 atom stereocenters. The van der Waals surface area contributed by atoms with Gasteiger partial charge in [0.05, 0.1) is 40.3 Å². The summed E-state index contributed by atoms with van der Waals surface area (Å²) in [5.74, 6) is -2.27. The number of hydrogen-bond acceptors (Lipinski definition) is 8. The molecule has 0 fully saturated rings. The van der Waals surface area contributed by atoms with Crippen LogP contribution < -0.4 is 5.11 Å². The second-order valence-electron chi connectivity index (χ2n) is 25.5. The van der Waals surface area contributed by atoms with Crippen molar-refractivity contribution in [1.82, 2.24) is 0 Å². The van der Waals surface area contributed by atoms with E-state index >= 15 is 0 Å². The van der Waals surface area contributed by atoms with E-state index in [9.17, 15) is 19.5 Å². The number of carboxylic acid groups (broad SMARTS) is 1. The number of allylic oxidation sites excluding steroid dienone is 2. The number of carboxylic acids is 1. The van der Waals surface area contributed by atoms with Gasteiger partial charge in [0.15, 0.2) is 12.4 Å². The van der Waals surface area contributed by atoms with Gasteiger partial charge in [-0.2, -0.15) is 0 Å². The van der Waals surface area contributed by atoms with Gasteiger partial charge in [-0.3, -0.25) is 9.59 Å². The molecule has 474 valence electrons. The fourth-order valence-electron chi connectivity index (χ4n) is 10.8. The van der Waals surface area contributed by atoms with Gasteiger partial charge in [0.2, 0.25) is 0 Å². The van der Waals surface area contributed by atoms with E-state index in [1.807, 2.05) is 21.1 Å². The predicted molar refractivity (Wildman–Crippen MR) is 339 cm³/mol. The van der Waals surface area contributed by atoms with Crippen molar-refractivity contribution < 1.29 is 42.9 Å². The van der Waals surface area contributed by atoms with Crippen molar-refractivity contribution in [3.8, 4) is 0 Å². The molecule has 0 spiro atoms. The summed E-state index contributed by atoms with van der Waals surface area (Å²) in [6.07, 6.45) is 73.4. The lowest BCUT2D eigenvalue weighted by atomic mass is 10.0. The minimum Gasteiger partial charge on any atom is -0.545 e. The van der Waals surface area contributed by atoms with Crippen LogP contribution in [-0.4, -0.2) is 82.3 Å². The molecule has 80 heavy (non-hydrogen) atoms. The number of aliphatic carboxylic acids is 1. The SMILES string of the molecule is CCCCCCCC/C=C\CCCCCCCC(=O)OC(COC(=O)CCCCCCCCCCCCCCCCCCCCCCCCCCCCCCCCCCCCCCCCCC)COC(OCC[N+](C)(C)C)C(=O)[O-]. The summed E-state index contributed by atoms with van der Waals surface area (Å²) in [6.45, 7) is 4.79. The lowest BCUT2D eigenvalue weighted by molar-refractivity contribution is -0.870. The van der Waals surface area contributed by atoms with Gasteiger partial charge in [0, 0.05) is 12.8 Å². The van der Waals surface area contributed by atoms with Crippen LogP contribution in [0.4, 0.5) is 0 Å². The van der Waals surface area contributed by atoms with Gasteiger partial charge < -0.3 is 33.3 Å². The van der Waals surface area contributed by atoms with E-state index in [2.05, 4.69) is 26.0 Å². The molecule has 0 saturated carbocycles. The molecule has 0 rings (SSSR count). The van der Waals surface area contributed by atoms with Gasteiger partial charge in [-0.15, -0.1) is 0 Å². The molecule has 0 N–H and O–H groups in total. The second kappa shape index (κ2) is 63.1. The highest BCUT2D eigenvalue weighted by Crippen LogP contribution is 2.19. The maximum atomic E-state index is 12.8. The van der Waals surface area contributed by atoms with E-state index in [4.69, 9.17) is 18.9 Å². The summed E-state index contributed by atoms with van der Waals surface area (Å²) in [5.41, 5.74) is 0. The Balaban J connectivity index is 3.86. The molecule has 2 unspecified atom stereocenters. The first-order valence-electron chi connectivity index (χ1n) is 35.3. The number of esters is 2. The first-order chi connectivity index (χ1) is 39.1. The largest absolute Gasteiger partial charge is 0.545 e. The Morgan fingerprint density at radius 3 is 0.925 bits per heavy atom. The van der Waals surface area contributed by atoms with Crippen molar-refractivity contribution in [2.24, 2.45) is 0 Å². The minimum atomic E-state index is -1.62. The highest BCUT2D eigenvalue weighted by molar-refractivity contribution is 5.70. The highest BCUT2D eigenvalue weighted by Gasteiger charge is 2.22. The molecule has 0 aliphatic rings. The number of ether oxygens (including phenoxy) is 4. The zero-order valence-corrected chi connectivity index (χ0v) is 54.2. The average molecular weight is 1130 g/mol. The number of likely N-dealkylation sites (N-methyl/N-ethyl adjacent to an activating group) is 1. The second-order valence-corrected chi connectivity index (χ2v) is 25.5. The number of carbonyl (C=O) groups is 3. The molecule has 0 amide bonds. The molecule has 0 aromatic carbocycles. The van der Waals surface area contributed by atoms with Gasteiger partial charge in [-0.1, -0.05) is 328 Å². The number of nitrogens with zero attached hydrogens (tertiary/aromatic N) is 1. The third kappa shape index (κ3) is 63.6. The molecule has 0 radical (unpaired) electrons. The van der Waals surface area contributed by atoms with Gasteiger partial charge in [0.25, 0.3) is 0 Å². The van der Waals surface area contributed by atoms with E-state index in [1.165, 1.54) is 283 Å². The van der Waals surface area contributed by atoms with Crippen LogP contribution in [-0.2, 0) is 33.3 Å². The van der Waals surface area contributed by atoms with Gasteiger partial charge >= 0.3 is 11.9 Å². The van der Waals surface area contributed by atoms with Gasteiger partial charge in [-0.05, 0) is 38.5 Å². The van der Waals surface area contributed by atoms with Crippen LogP contribution >= 0.6 is 0 Å². The summed E-state index contributed by atoms with van der Waals surface area (Å²) in [7, 11) is 5.93. The average Bonchev–Trinajstić information content (AvgIpc) is 3.43. The number of unbranched alkanes of at least 4 members (excludes halogenated alkanes) is 50. The minimum absolute atomic E-state index is 0.150. The van der Waals surface area contributed by atoms with Crippen LogP contribution in [0.5, 0.6) is 0 Å². The highest BCUT2D eigenvalue weighted by atomic mass is 16.7. The summed E-state index contributed by atoms with van der Waals surface area (Å²) in [4.78, 5) is 37.3. The molecule has 9 heteroatoms. The fraction of sp³-hybridized carbons (Fsp3) is 0.930. The molecule has 0 aromatic rings. The lowest BCUT2D eigenvalue weighted by Crippen LogP contribution is -2.44. The van der Waals surface area contributed by atoms with Crippen molar-refractivity contribution in [1.29, 1.82) is 0 Å². The molecule has 0 aliphatic carbocycles. The molecule has 0 saturated heterocycles. The molecule has 9 nitrogen and oxygen atoms in total. The molecule has 0 aliphatic heterocycles. The molecular formula is C71H137NO8. The van der Waals surface area contributed by atoms with Crippen molar-refractivity contribution in [3.05, 3.63) is 12.2 Å². The Labute approximate surface area is 497 Å². The Hall–Kier alpha value is -1.97. The predicted octanol–water partition coefficient (Wildman–Crippen LogP) is 20.3. The number of hydrogen-bond donors (Lipinski definition) is 0. The number of carbonyl (C=O) groups excluding carboxylic acids is 3. The quantitative estimate of drug-likeness (QED) is 0.0195. The Morgan fingerprint density at radius 1 is 0.362 bits per heavy atom. The Kier molecular flexibility index (Phi) is 61.5. The van der Waals surface area contributed by atoms with Crippen LogP contribution in [0.3, 0.4) is 0 Å². The van der Waals surface area contributed by atoms with Crippen molar-refractivity contribution in [2.45, 2.75) is 379 Å². The lowest BCUT2D eigenvalue weighted by Gasteiger charge is -2.26. The third-order valence-corrected chi connectivity index (χ3v) is 16.3. The summed E-state index contributed by atoms with van der Waals surface area (Å²) >= 11 is 0. The van der Waals surface area contributed by atoms with Crippen LogP contribution in [0.1, 0.15) is 367 Å². The molecule has 0 aromatic heterocycles. The smallest absolute Gasteiger partial charge is 0.306 e. The standard InChI is InChI=1S/C71H137NO8/c1-6-8-10-12-14-16-18-20-22-23-24-25-26-27-28-29-30-31-32-33-34-35-36-37-38-39-40-41-42-43-44-45-46-48-49-51-53-55-57-59-61-68(73)78-65-67(66-79-71(70(75)76)77-64-63-72(3,4)5)80-69(74)62-60-58-56-54-52-50-47-21-19-17-15-13-11-9-7-2/h21,47,67,71H,6-20,22-46,48-66H2,1-5H3/b47-21-. The molecule has 0 bridgehead atoms. The number of rotatable bonds is 67. The summed E-state index contributed by atoms with van der Waals surface area (Å²) in [6, 6.07) is 0. The summed E-state index contributed by atoms with van der Waals surface area (Å²) < 4.78 is 22.7. The van der Waals surface area contributed by atoms with Crippen LogP contribution in [0.2, 0.25) is 0 Å². The first-order valence-corrected chi connectivity index (χ1v) is 35.3. The molecule has 0 heterocycles.